The molecule has 0 atom stereocenters. The van der Waals surface area contributed by atoms with Crippen molar-refractivity contribution in [2.75, 3.05) is 10.1 Å². The molecule has 0 unspecified atom stereocenters. The summed E-state index contributed by atoms with van der Waals surface area (Å²) in [5, 5.41) is 8.69. The molecule has 4 N–H and O–H groups in total. The molecule has 0 aliphatic heterocycles. The maximum Gasteiger partial charge on any atom is 0.265 e. The van der Waals surface area contributed by atoms with Crippen LogP contribution in [0.15, 0.2) is 47.6 Å². The van der Waals surface area contributed by atoms with Gasteiger partial charge >= 0.3 is 0 Å². The molecule has 0 aliphatic rings. The van der Waals surface area contributed by atoms with Crippen molar-refractivity contribution in [2.24, 2.45) is 5.84 Å². The summed E-state index contributed by atoms with van der Waals surface area (Å²) in [6.45, 7) is 0. The fourth-order valence-electron chi connectivity index (χ4n) is 1.54. The quantitative estimate of drug-likeness (QED) is 0.571. The van der Waals surface area contributed by atoms with Crippen LogP contribution in [0.5, 0.6) is 0 Å². The molecular formula is C12H11N5O2S. The van der Waals surface area contributed by atoms with Gasteiger partial charge < -0.3 is 5.43 Å². The van der Waals surface area contributed by atoms with E-state index < -0.39 is 10.0 Å². The summed E-state index contributed by atoms with van der Waals surface area (Å²) in [6.07, 6.45) is 2.62. The molecule has 0 radical (unpaired) electrons. The Balaban J connectivity index is 2.33. The zero-order chi connectivity index (χ0) is 14.6. The van der Waals surface area contributed by atoms with Crippen LogP contribution in [-0.4, -0.2) is 13.4 Å². The number of nitriles is 1. The molecule has 0 amide bonds. The van der Waals surface area contributed by atoms with Gasteiger partial charge in [-0.15, -0.1) is 0 Å². The third-order valence-corrected chi connectivity index (χ3v) is 3.90. The maximum absolute atomic E-state index is 12.2. The Labute approximate surface area is 116 Å². The number of pyridine rings is 1. The van der Waals surface area contributed by atoms with Gasteiger partial charge in [-0.1, -0.05) is 0 Å². The molecule has 2 aromatic rings. The molecule has 0 saturated heterocycles. The highest BCUT2D eigenvalue weighted by Crippen LogP contribution is 2.21. The summed E-state index contributed by atoms with van der Waals surface area (Å²) in [5.41, 5.74) is 3.33. The van der Waals surface area contributed by atoms with Gasteiger partial charge in [0.1, 0.15) is 4.90 Å². The lowest BCUT2D eigenvalue weighted by Gasteiger charge is -2.11. The van der Waals surface area contributed by atoms with Crippen LogP contribution >= 0.6 is 0 Å². The Morgan fingerprint density at radius 1 is 1.20 bits per heavy atom. The van der Waals surface area contributed by atoms with Crippen molar-refractivity contribution in [3.05, 3.63) is 48.3 Å². The number of benzene rings is 1. The second-order valence-electron chi connectivity index (χ2n) is 3.81. The highest BCUT2D eigenvalue weighted by Gasteiger charge is 2.18. The topological polar surface area (TPSA) is 121 Å². The average molecular weight is 289 g/mol. The van der Waals surface area contributed by atoms with Gasteiger partial charge in [0.15, 0.2) is 0 Å². The standard InChI is InChI=1S/C12H11N5O2S/c13-7-9-1-3-10(4-2-9)17-20(18,19)12-8-15-6-5-11(12)16-14/h1-6,8,17H,14H2,(H,15,16). The molecule has 0 spiro atoms. The number of nitrogens with two attached hydrogens (primary N) is 1. The summed E-state index contributed by atoms with van der Waals surface area (Å²) in [5.74, 6) is 5.27. The van der Waals surface area contributed by atoms with Gasteiger partial charge in [0.2, 0.25) is 0 Å². The molecule has 0 fully saturated rings. The Hall–Kier alpha value is -2.63. The van der Waals surface area contributed by atoms with Crippen molar-refractivity contribution in [3.8, 4) is 6.07 Å². The van der Waals surface area contributed by atoms with E-state index in [1.165, 1.54) is 42.7 Å². The number of rotatable bonds is 4. The van der Waals surface area contributed by atoms with Crippen molar-refractivity contribution in [3.63, 3.8) is 0 Å². The van der Waals surface area contributed by atoms with Crippen molar-refractivity contribution < 1.29 is 8.42 Å². The van der Waals surface area contributed by atoms with E-state index in [1.807, 2.05) is 6.07 Å². The highest BCUT2D eigenvalue weighted by atomic mass is 32.2. The second kappa shape index (κ2) is 5.56. The van der Waals surface area contributed by atoms with E-state index >= 15 is 0 Å². The first kappa shape index (κ1) is 13.8. The Morgan fingerprint density at radius 2 is 1.90 bits per heavy atom. The summed E-state index contributed by atoms with van der Waals surface area (Å²) in [7, 11) is -3.81. The summed E-state index contributed by atoms with van der Waals surface area (Å²) in [4.78, 5) is 3.71. The van der Waals surface area contributed by atoms with Gasteiger partial charge in [-0.25, -0.2) is 8.42 Å². The summed E-state index contributed by atoms with van der Waals surface area (Å²) in [6, 6.07) is 9.44. The smallest absolute Gasteiger partial charge is 0.265 e. The van der Waals surface area contributed by atoms with Gasteiger partial charge in [-0.05, 0) is 30.3 Å². The van der Waals surface area contributed by atoms with Crippen LogP contribution in [0.4, 0.5) is 11.4 Å². The van der Waals surface area contributed by atoms with E-state index in [0.29, 0.717) is 11.3 Å². The van der Waals surface area contributed by atoms with Crippen LogP contribution < -0.4 is 16.0 Å². The lowest BCUT2D eigenvalue weighted by atomic mass is 10.2. The first-order chi connectivity index (χ1) is 9.56. The van der Waals surface area contributed by atoms with Crippen LogP contribution in [0.3, 0.4) is 0 Å². The SMILES string of the molecule is N#Cc1ccc(NS(=O)(=O)c2cnccc2NN)cc1. The first-order valence-corrected chi connectivity index (χ1v) is 6.99. The molecule has 1 aromatic carbocycles. The molecule has 1 aromatic heterocycles. The third kappa shape index (κ3) is 2.85. The molecule has 102 valence electrons. The number of hydrogen-bond donors (Lipinski definition) is 3. The number of anilines is 2. The Morgan fingerprint density at radius 3 is 2.50 bits per heavy atom. The molecule has 7 nitrogen and oxygen atoms in total. The Bertz CT molecular complexity index is 750. The average Bonchev–Trinajstić information content (AvgIpc) is 2.47. The molecule has 20 heavy (non-hydrogen) atoms. The number of hydrogen-bond acceptors (Lipinski definition) is 6. The van der Waals surface area contributed by atoms with E-state index in [9.17, 15) is 8.42 Å². The molecule has 8 heteroatoms. The van der Waals surface area contributed by atoms with E-state index in [2.05, 4.69) is 15.1 Å². The van der Waals surface area contributed by atoms with Crippen LogP contribution in [0.25, 0.3) is 0 Å². The minimum absolute atomic E-state index is 0.0631. The molecular weight excluding hydrogens is 278 g/mol. The lowest BCUT2D eigenvalue weighted by molar-refractivity contribution is 0.601. The van der Waals surface area contributed by atoms with Crippen LogP contribution in [-0.2, 0) is 10.0 Å². The lowest BCUT2D eigenvalue weighted by Crippen LogP contribution is -2.17. The number of aromatic nitrogens is 1. The minimum atomic E-state index is -3.81. The number of hydrazine groups is 1. The molecule has 0 saturated carbocycles. The highest BCUT2D eigenvalue weighted by molar-refractivity contribution is 7.92. The summed E-state index contributed by atoms with van der Waals surface area (Å²) < 4.78 is 26.8. The zero-order valence-corrected chi connectivity index (χ0v) is 11.1. The minimum Gasteiger partial charge on any atom is -0.323 e. The number of nitrogens with one attached hydrogen (secondary N) is 2. The van der Waals surface area contributed by atoms with Crippen LogP contribution in [0, 0.1) is 11.3 Å². The van der Waals surface area contributed by atoms with E-state index in [-0.39, 0.29) is 10.6 Å². The van der Waals surface area contributed by atoms with Crippen molar-refractivity contribution in [2.45, 2.75) is 4.90 Å². The third-order valence-electron chi connectivity index (χ3n) is 2.50. The van der Waals surface area contributed by atoms with Gasteiger partial charge in [0.25, 0.3) is 10.0 Å². The van der Waals surface area contributed by atoms with Crippen molar-refractivity contribution in [1.29, 1.82) is 5.26 Å². The van der Waals surface area contributed by atoms with Crippen LogP contribution in [0.1, 0.15) is 5.56 Å². The van der Waals surface area contributed by atoms with Crippen molar-refractivity contribution >= 4 is 21.4 Å². The number of sulfonamides is 1. The second-order valence-corrected chi connectivity index (χ2v) is 5.46. The fraction of sp³-hybridized carbons (Fsp3) is 0. The fourth-order valence-corrected chi connectivity index (χ4v) is 2.71. The van der Waals surface area contributed by atoms with Crippen LogP contribution in [0.2, 0.25) is 0 Å². The zero-order valence-electron chi connectivity index (χ0n) is 10.2. The van der Waals surface area contributed by atoms with Gasteiger partial charge in [-0.2, -0.15) is 5.26 Å². The Kier molecular flexibility index (Phi) is 3.84. The molecule has 1 heterocycles. The van der Waals surface area contributed by atoms with E-state index in [1.54, 1.807) is 0 Å². The van der Waals surface area contributed by atoms with E-state index in [0.717, 1.165) is 0 Å². The predicted molar refractivity (Wildman–Crippen MR) is 74.0 cm³/mol. The van der Waals surface area contributed by atoms with Gasteiger partial charge in [-0.3, -0.25) is 15.5 Å². The molecule has 0 aliphatic carbocycles. The normalized spacial score (nSPS) is 10.6. The number of nitrogen functional groups attached to an aromatic ring is 1. The van der Waals surface area contributed by atoms with Gasteiger partial charge in [0.05, 0.1) is 17.3 Å². The molecule has 2 rings (SSSR count). The van der Waals surface area contributed by atoms with E-state index in [4.69, 9.17) is 11.1 Å². The van der Waals surface area contributed by atoms with Gasteiger partial charge in [0, 0.05) is 18.1 Å². The number of nitrogens with zero attached hydrogens (tertiary/aromatic N) is 2. The van der Waals surface area contributed by atoms with Crippen molar-refractivity contribution in [1.82, 2.24) is 4.98 Å². The first-order valence-electron chi connectivity index (χ1n) is 5.50. The summed E-state index contributed by atoms with van der Waals surface area (Å²) >= 11 is 0. The monoisotopic (exact) mass is 289 g/mol. The molecule has 0 bridgehead atoms. The maximum atomic E-state index is 12.2. The largest absolute Gasteiger partial charge is 0.323 e. The predicted octanol–water partition coefficient (Wildman–Crippen LogP) is 1.04.